The minimum Gasteiger partial charge on any atom is -0.497 e. The van der Waals surface area contributed by atoms with Gasteiger partial charge in [-0.05, 0) is 36.5 Å². The second-order valence-corrected chi connectivity index (χ2v) is 7.28. The number of piperidine rings is 1. The summed E-state index contributed by atoms with van der Waals surface area (Å²) in [5, 5.41) is 3.11. The van der Waals surface area contributed by atoms with Gasteiger partial charge in [-0.2, -0.15) is 0 Å². The van der Waals surface area contributed by atoms with Crippen LogP contribution in [0.25, 0.3) is 0 Å². The number of nitrogens with one attached hydrogen (secondary N) is 1. The highest BCUT2D eigenvalue weighted by atomic mass is 35.5. The predicted molar refractivity (Wildman–Crippen MR) is 107 cm³/mol. The predicted octanol–water partition coefficient (Wildman–Crippen LogP) is 2.03. The Kier molecular flexibility index (Phi) is 7.92. The Morgan fingerprint density at radius 2 is 2.04 bits per heavy atom. The lowest BCUT2D eigenvalue weighted by molar-refractivity contribution is -0.140. The lowest BCUT2D eigenvalue weighted by Gasteiger charge is -2.41. The lowest BCUT2D eigenvalue weighted by Crippen LogP contribution is -2.57. The summed E-state index contributed by atoms with van der Waals surface area (Å²) in [6.45, 7) is 5.54. The number of ether oxygens (including phenoxy) is 1. The van der Waals surface area contributed by atoms with Gasteiger partial charge in [0, 0.05) is 38.6 Å². The molecule has 0 aromatic heterocycles. The van der Waals surface area contributed by atoms with Gasteiger partial charge in [-0.15, -0.1) is 12.4 Å². The van der Waals surface area contributed by atoms with Crippen molar-refractivity contribution in [1.29, 1.82) is 0 Å². The van der Waals surface area contributed by atoms with Gasteiger partial charge in [-0.25, -0.2) is 0 Å². The number of hydrogen-bond donors (Lipinski definition) is 1. The normalized spacial score (nSPS) is 21.4. The third kappa shape index (κ3) is 5.36. The number of benzene rings is 1. The molecule has 27 heavy (non-hydrogen) atoms. The fourth-order valence-electron chi connectivity index (χ4n) is 3.88. The van der Waals surface area contributed by atoms with Gasteiger partial charge in [-0.1, -0.05) is 19.1 Å². The molecule has 2 aliphatic heterocycles. The van der Waals surface area contributed by atoms with Crippen LogP contribution in [0.3, 0.4) is 0 Å². The van der Waals surface area contributed by atoms with Crippen molar-refractivity contribution in [3.63, 3.8) is 0 Å². The molecule has 150 valence electrons. The smallest absolute Gasteiger partial charge is 0.236 e. The number of halogens is 1. The Morgan fingerprint density at radius 3 is 2.70 bits per heavy atom. The highest BCUT2D eigenvalue weighted by molar-refractivity contribution is 5.85. The van der Waals surface area contributed by atoms with Crippen LogP contribution in [0.15, 0.2) is 24.3 Å². The van der Waals surface area contributed by atoms with Crippen LogP contribution in [0.1, 0.15) is 37.7 Å². The van der Waals surface area contributed by atoms with Crippen LogP contribution in [0.4, 0.5) is 0 Å². The van der Waals surface area contributed by atoms with Crippen molar-refractivity contribution in [2.75, 3.05) is 39.8 Å². The zero-order valence-electron chi connectivity index (χ0n) is 16.1. The molecule has 6 nitrogen and oxygen atoms in total. The first-order chi connectivity index (χ1) is 12.6. The molecule has 2 aliphatic rings. The first kappa shape index (κ1) is 21.5. The minimum atomic E-state index is 0. The van der Waals surface area contributed by atoms with Crippen molar-refractivity contribution in [2.45, 2.75) is 38.1 Å². The molecule has 0 aliphatic carbocycles. The van der Waals surface area contributed by atoms with Gasteiger partial charge in [0.1, 0.15) is 5.75 Å². The van der Waals surface area contributed by atoms with Gasteiger partial charge < -0.3 is 19.9 Å². The van der Waals surface area contributed by atoms with Crippen molar-refractivity contribution in [3.05, 3.63) is 29.8 Å². The van der Waals surface area contributed by atoms with E-state index in [9.17, 15) is 9.59 Å². The molecule has 0 radical (unpaired) electrons. The van der Waals surface area contributed by atoms with Gasteiger partial charge in [0.2, 0.25) is 11.8 Å². The molecule has 0 bridgehead atoms. The molecule has 3 rings (SSSR count). The number of rotatable bonds is 5. The SMILES string of the molecule is COc1ccc(C(C)CC(=O)N2CCCC(N3CCNCC3=O)C2)cc1.Cl. The van der Waals surface area contributed by atoms with E-state index in [2.05, 4.69) is 12.2 Å². The number of likely N-dealkylation sites (tertiary alicyclic amines) is 1. The van der Waals surface area contributed by atoms with Gasteiger partial charge in [-0.3, -0.25) is 9.59 Å². The maximum absolute atomic E-state index is 12.8. The molecular weight excluding hydrogens is 366 g/mol. The molecule has 2 saturated heterocycles. The number of nitrogens with zero attached hydrogens (tertiary/aromatic N) is 2. The second-order valence-electron chi connectivity index (χ2n) is 7.28. The molecule has 7 heteroatoms. The number of methoxy groups -OCH3 is 1. The Morgan fingerprint density at radius 1 is 1.30 bits per heavy atom. The Balaban J connectivity index is 0.00000261. The van der Waals surface area contributed by atoms with E-state index < -0.39 is 0 Å². The van der Waals surface area contributed by atoms with Crippen molar-refractivity contribution in [3.8, 4) is 5.75 Å². The van der Waals surface area contributed by atoms with Crippen molar-refractivity contribution < 1.29 is 14.3 Å². The maximum Gasteiger partial charge on any atom is 0.236 e. The van der Waals surface area contributed by atoms with Gasteiger partial charge in [0.15, 0.2) is 0 Å². The average molecular weight is 396 g/mol. The standard InChI is InChI=1S/C20H29N3O3.ClH/c1-15(16-5-7-18(26-2)8-6-16)12-19(24)22-10-3-4-17(14-22)23-11-9-21-13-20(23)25;/h5-8,15,17,21H,3-4,9-14H2,1-2H3;1H. The highest BCUT2D eigenvalue weighted by Crippen LogP contribution is 2.24. The van der Waals surface area contributed by atoms with Crippen molar-refractivity contribution in [1.82, 2.24) is 15.1 Å². The van der Waals surface area contributed by atoms with Crippen LogP contribution in [0.2, 0.25) is 0 Å². The molecular formula is C20H30ClN3O3. The van der Waals surface area contributed by atoms with Crippen LogP contribution in [-0.4, -0.2) is 67.5 Å². The summed E-state index contributed by atoms with van der Waals surface area (Å²) in [5.41, 5.74) is 1.14. The third-order valence-corrected chi connectivity index (χ3v) is 5.48. The summed E-state index contributed by atoms with van der Waals surface area (Å²) >= 11 is 0. The monoisotopic (exact) mass is 395 g/mol. The summed E-state index contributed by atoms with van der Waals surface area (Å²) in [4.78, 5) is 28.8. The number of carbonyl (C=O) groups excluding carboxylic acids is 2. The van der Waals surface area contributed by atoms with E-state index in [1.807, 2.05) is 34.1 Å². The number of amides is 2. The zero-order chi connectivity index (χ0) is 18.5. The largest absolute Gasteiger partial charge is 0.497 e. The fourth-order valence-corrected chi connectivity index (χ4v) is 3.88. The van der Waals surface area contributed by atoms with E-state index in [1.165, 1.54) is 0 Å². The van der Waals surface area contributed by atoms with E-state index in [0.29, 0.717) is 19.5 Å². The molecule has 1 N–H and O–H groups in total. The molecule has 0 saturated carbocycles. The summed E-state index contributed by atoms with van der Waals surface area (Å²) in [6, 6.07) is 8.08. The molecule has 2 heterocycles. The van der Waals surface area contributed by atoms with E-state index in [1.54, 1.807) is 7.11 Å². The van der Waals surface area contributed by atoms with Crippen molar-refractivity contribution in [2.24, 2.45) is 0 Å². The third-order valence-electron chi connectivity index (χ3n) is 5.48. The van der Waals surface area contributed by atoms with Gasteiger partial charge >= 0.3 is 0 Å². The fraction of sp³-hybridized carbons (Fsp3) is 0.600. The van der Waals surface area contributed by atoms with E-state index in [0.717, 1.165) is 43.8 Å². The van der Waals surface area contributed by atoms with Crippen LogP contribution in [0.5, 0.6) is 5.75 Å². The average Bonchev–Trinajstić information content (AvgIpc) is 2.68. The second kappa shape index (κ2) is 9.95. The Hall–Kier alpha value is -1.79. The van der Waals surface area contributed by atoms with Crippen LogP contribution in [0, 0.1) is 0 Å². The van der Waals surface area contributed by atoms with Crippen LogP contribution >= 0.6 is 12.4 Å². The van der Waals surface area contributed by atoms with Crippen molar-refractivity contribution >= 4 is 24.2 Å². The quantitative estimate of drug-likeness (QED) is 0.828. The molecule has 1 aromatic rings. The maximum atomic E-state index is 12.8. The first-order valence-corrected chi connectivity index (χ1v) is 9.50. The van der Waals surface area contributed by atoms with Gasteiger partial charge in [0.05, 0.1) is 13.7 Å². The summed E-state index contributed by atoms with van der Waals surface area (Å²) < 4.78 is 5.19. The number of carbonyl (C=O) groups is 2. The zero-order valence-corrected chi connectivity index (χ0v) is 17.0. The molecule has 2 atom stereocenters. The first-order valence-electron chi connectivity index (χ1n) is 9.50. The molecule has 2 fully saturated rings. The van der Waals surface area contributed by atoms with E-state index in [-0.39, 0.29) is 36.2 Å². The molecule has 0 spiro atoms. The molecule has 2 amide bonds. The number of piperazine rings is 1. The highest BCUT2D eigenvalue weighted by Gasteiger charge is 2.31. The molecule has 2 unspecified atom stereocenters. The van der Waals surface area contributed by atoms with Crippen LogP contribution < -0.4 is 10.1 Å². The van der Waals surface area contributed by atoms with Gasteiger partial charge in [0.25, 0.3) is 0 Å². The minimum absolute atomic E-state index is 0. The topological polar surface area (TPSA) is 61.9 Å². The lowest BCUT2D eigenvalue weighted by atomic mass is 9.96. The van der Waals surface area contributed by atoms with Crippen LogP contribution in [-0.2, 0) is 9.59 Å². The van der Waals surface area contributed by atoms with E-state index >= 15 is 0 Å². The Labute approximate surface area is 167 Å². The summed E-state index contributed by atoms with van der Waals surface area (Å²) in [6.07, 6.45) is 2.45. The Bertz CT molecular complexity index is 638. The molecule has 1 aromatic carbocycles. The summed E-state index contributed by atoms with van der Waals surface area (Å²) in [5.74, 6) is 1.32. The summed E-state index contributed by atoms with van der Waals surface area (Å²) in [7, 11) is 1.65. The van der Waals surface area contributed by atoms with E-state index in [4.69, 9.17) is 4.74 Å². The number of hydrogen-bond acceptors (Lipinski definition) is 4.